The SMILES string of the molecule is O=COCCc1c[nH]nc1-c1ccc(F)cc1. The zero-order valence-electron chi connectivity index (χ0n) is 9.02. The minimum atomic E-state index is -0.282. The molecular formula is C12H11FN2O2. The van der Waals surface area contributed by atoms with Crippen molar-refractivity contribution in [2.45, 2.75) is 6.42 Å². The number of halogens is 1. The Kier molecular flexibility index (Phi) is 3.49. The molecule has 0 unspecified atom stereocenters. The highest BCUT2D eigenvalue weighted by atomic mass is 19.1. The van der Waals surface area contributed by atoms with Crippen LogP contribution < -0.4 is 0 Å². The molecule has 0 amide bonds. The summed E-state index contributed by atoms with van der Waals surface area (Å²) in [5.41, 5.74) is 2.51. The molecule has 0 fully saturated rings. The van der Waals surface area contributed by atoms with Gasteiger partial charge in [-0.25, -0.2) is 4.39 Å². The summed E-state index contributed by atoms with van der Waals surface area (Å²) in [7, 11) is 0. The zero-order chi connectivity index (χ0) is 12.1. The van der Waals surface area contributed by atoms with Gasteiger partial charge in [-0.15, -0.1) is 0 Å². The molecule has 5 heteroatoms. The van der Waals surface area contributed by atoms with E-state index in [1.807, 2.05) is 0 Å². The average molecular weight is 234 g/mol. The van der Waals surface area contributed by atoms with Gasteiger partial charge in [0.15, 0.2) is 0 Å². The molecule has 1 N–H and O–H groups in total. The average Bonchev–Trinajstić information content (AvgIpc) is 2.79. The summed E-state index contributed by atoms with van der Waals surface area (Å²) >= 11 is 0. The van der Waals surface area contributed by atoms with E-state index >= 15 is 0 Å². The van der Waals surface area contributed by atoms with E-state index in [9.17, 15) is 9.18 Å². The summed E-state index contributed by atoms with van der Waals surface area (Å²) < 4.78 is 17.4. The third kappa shape index (κ3) is 2.69. The molecule has 17 heavy (non-hydrogen) atoms. The quantitative estimate of drug-likeness (QED) is 0.635. The van der Waals surface area contributed by atoms with Crippen LogP contribution in [0.15, 0.2) is 30.5 Å². The van der Waals surface area contributed by atoms with Crippen LogP contribution in [-0.2, 0) is 16.0 Å². The normalized spacial score (nSPS) is 10.2. The van der Waals surface area contributed by atoms with Gasteiger partial charge in [-0.2, -0.15) is 5.10 Å². The predicted molar refractivity (Wildman–Crippen MR) is 59.7 cm³/mol. The summed E-state index contributed by atoms with van der Waals surface area (Å²) in [4.78, 5) is 10.0. The van der Waals surface area contributed by atoms with Crippen LogP contribution in [0.25, 0.3) is 11.3 Å². The molecule has 0 radical (unpaired) electrons. The summed E-state index contributed by atoms with van der Waals surface area (Å²) in [6.07, 6.45) is 2.31. The number of benzene rings is 1. The van der Waals surface area contributed by atoms with Crippen molar-refractivity contribution < 1.29 is 13.9 Å². The van der Waals surface area contributed by atoms with Crippen LogP contribution in [0.4, 0.5) is 4.39 Å². The molecule has 0 bridgehead atoms. The summed E-state index contributed by atoms with van der Waals surface area (Å²) in [5.74, 6) is -0.282. The van der Waals surface area contributed by atoms with E-state index in [-0.39, 0.29) is 5.82 Å². The molecule has 0 aliphatic rings. The topological polar surface area (TPSA) is 55.0 Å². The Balaban J connectivity index is 2.18. The number of hydrogen-bond donors (Lipinski definition) is 1. The number of hydrogen-bond acceptors (Lipinski definition) is 3. The van der Waals surface area contributed by atoms with Gasteiger partial charge in [-0.1, -0.05) is 0 Å². The van der Waals surface area contributed by atoms with Gasteiger partial charge in [0, 0.05) is 23.7 Å². The van der Waals surface area contributed by atoms with Gasteiger partial charge < -0.3 is 4.74 Å². The predicted octanol–water partition coefficient (Wildman–Crippen LogP) is 1.93. The largest absolute Gasteiger partial charge is 0.468 e. The van der Waals surface area contributed by atoms with Crippen molar-refractivity contribution in [1.29, 1.82) is 0 Å². The molecule has 1 aromatic heterocycles. The lowest BCUT2D eigenvalue weighted by molar-refractivity contribution is -0.128. The van der Waals surface area contributed by atoms with Crippen molar-refractivity contribution in [1.82, 2.24) is 10.2 Å². The van der Waals surface area contributed by atoms with Crippen molar-refractivity contribution in [3.05, 3.63) is 41.8 Å². The van der Waals surface area contributed by atoms with Crippen LogP contribution >= 0.6 is 0 Å². The fourth-order valence-corrected chi connectivity index (χ4v) is 1.58. The zero-order valence-corrected chi connectivity index (χ0v) is 9.02. The van der Waals surface area contributed by atoms with Gasteiger partial charge in [0.25, 0.3) is 6.47 Å². The third-order valence-electron chi connectivity index (χ3n) is 2.39. The number of aromatic amines is 1. The first-order chi connectivity index (χ1) is 8.31. The number of carbonyl (C=O) groups is 1. The van der Waals surface area contributed by atoms with E-state index in [4.69, 9.17) is 0 Å². The van der Waals surface area contributed by atoms with Crippen LogP contribution in [0.2, 0.25) is 0 Å². The number of H-pyrrole nitrogens is 1. The number of carbonyl (C=O) groups excluding carboxylic acids is 1. The highest BCUT2D eigenvalue weighted by Gasteiger charge is 2.08. The van der Waals surface area contributed by atoms with Gasteiger partial charge in [0.1, 0.15) is 5.82 Å². The maximum absolute atomic E-state index is 12.8. The van der Waals surface area contributed by atoms with Crippen LogP contribution in [0.5, 0.6) is 0 Å². The maximum atomic E-state index is 12.8. The number of nitrogens with zero attached hydrogens (tertiary/aromatic N) is 1. The molecule has 1 heterocycles. The monoisotopic (exact) mass is 234 g/mol. The van der Waals surface area contributed by atoms with Crippen molar-refractivity contribution >= 4 is 6.47 Å². The number of rotatable bonds is 5. The van der Waals surface area contributed by atoms with Crippen LogP contribution in [0, 0.1) is 5.82 Å². The van der Waals surface area contributed by atoms with E-state index in [1.165, 1.54) is 12.1 Å². The highest BCUT2D eigenvalue weighted by Crippen LogP contribution is 2.21. The van der Waals surface area contributed by atoms with Crippen LogP contribution in [0.1, 0.15) is 5.56 Å². The van der Waals surface area contributed by atoms with Crippen molar-refractivity contribution in [3.8, 4) is 11.3 Å². The van der Waals surface area contributed by atoms with Crippen molar-refractivity contribution in [2.75, 3.05) is 6.61 Å². The van der Waals surface area contributed by atoms with Gasteiger partial charge in [0.2, 0.25) is 0 Å². The van der Waals surface area contributed by atoms with Crippen LogP contribution in [0.3, 0.4) is 0 Å². The second kappa shape index (κ2) is 5.25. The van der Waals surface area contributed by atoms with Gasteiger partial charge in [-0.3, -0.25) is 9.89 Å². The van der Waals surface area contributed by atoms with Gasteiger partial charge in [-0.05, 0) is 24.3 Å². The molecule has 0 aliphatic carbocycles. The second-order valence-corrected chi connectivity index (χ2v) is 3.48. The van der Waals surface area contributed by atoms with E-state index in [1.54, 1.807) is 18.3 Å². The Hall–Kier alpha value is -2.17. The van der Waals surface area contributed by atoms with Crippen LogP contribution in [-0.4, -0.2) is 23.3 Å². The molecular weight excluding hydrogens is 223 g/mol. The summed E-state index contributed by atoms with van der Waals surface area (Å²) in [5, 5.41) is 6.85. The molecule has 2 aromatic rings. The summed E-state index contributed by atoms with van der Waals surface area (Å²) in [6.45, 7) is 0.717. The molecule has 2 rings (SSSR count). The highest BCUT2D eigenvalue weighted by molar-refractivity contribution is 5.62. The Morgan fingerprint density at radius 1 is 1.35 bits per heavy atom. The fourth-order valence-electron chi connectivity index (χ4n) is 1.58. The van der Waals surface area contributed by atoms with E-state index in [0.29, 0.717) is 19.5 Å². The first-order valence-corrected chi connectivity index (χ1v) is 5.15. The Morgan fingerprint density at radius 3 is 2.82 bits per heavy atom. The molecule has 0 spiro atoms. The van der Waals surface area contributed by atoms with E-state index in [0.717, 1.165) is 16.8 Å². The smallest absolute Gasteiger partial charge is 0.293 e. The second-order valence-electron chi connectivity index (χ2n) is 3.48. The Bertz CT molecular complexity index is 493. The Morgan fingerprint density at radius 2 is 2.12 bits per heavy atom. The first kappa shape index (κ1) is 11.3. The van der Waals surface area contributed by atoms with E-state index < -0.39 is 0 Å². The number of aromatic nitrogens is 2. The fraction of sp³-hybridized carbons (Fsp3) is 0.167. The molecule has 1 aromatic carbocycles. The molecule has 0 saturated carbocycles. The first-order valence-electron chi connectivity index (χ1n) is 5.15. The lowest BCUT2D eigenvalue weighted by Crippen LogP contribution is -1.97. The van der Waals surface area contributed by atoms with Gasteiger partial charge in [0.05, 0.1) is 12.3 Å². The van der Waals surface area contributed by atoms with Crippen molar-refractivity contribution in [3.63, 3.8) is 0 Å². The minimum absolute atomic E-state index is 0.282. The molecule has 0 atom stereocenters. The van der Waals surface area contributed by atoms with E-state index in [2.05, 4.69) is 14.9 Å². The molecule has 0 aliphatic heterocycles. The lowest BCUT2D eigenvalue weighted by Gasteiger charge is -2.01. The Labute approximate surface area is 97.4 Å². The van der Waals surface area contributed by atoms with Crippen molar-refractivity contribution in [2.24, 2.45) is 0 Å². The standard InChI is InChI=1S/C12H11FN2O2/c13-11-3-1-9(2-4-11)12-10(7-14-15-12)5-6-17-8-16/h1-4,7-8H,5-6H2,(H,14,15). The number of ether oxygens (including phenoxy) is 1. The molecule has 4 nitrogen and oxygen atoms in total. The molecule has 88 valence electrons. The lowest BCUT2D eigenvalue weighted by atomic mass is 10.1. The maximum Gasteiger partial charge on any atom is 0.293 e. The minimum Gasteiger partial charge on any atom is -0.468 e. The van der Waals surface area contributed by atoms with Gasteiger partial charge >= 0.3 is 0 Å². The number of nitrogens with one attached hydrogen (secondary N) is 1. The molecule has 0 saturated heterocycles. The summed E-state index contributed by atoms with van der Waals surface area (Å²) in [6, 6.07) is 6.09. The third-order valence-corrected chi connectivity index (χ3v) is 2.39.